The first kappa shape index (κ1) is 14.2. The molecule has 0 aliphatic carbocycles. The lowest BCUT2D eigenvalue weighted by atomic mass is 9.99. The Morgan fingerprint density at radius 1 is 1.52 bits per heavy atom. The van der Waals surface area contributed by atoms with Gasteiger partial charge in [0.25, 0.3) is 0 Å². The van der Waals surface area contributed by atoms with Crippen LogP contribution in [0.4, 0.5) is 0 Å². The fourth-order valence-corrected chi connectivity index (χ4v) is 3.35. The molecule has 0 aromatic carbocycles. The van der Waals surface area contributed by atoms with E-state index in [9.17, 15) is 4.79 Å². The van der Waals surface area contributed by atoms with E-state index in [1.165, 1.54) is 0 Å². The maximum atomic E-state index is 10.9. The highest BCUT2D eigenvalue weighted by Crippen LogP contribution is 2.24. The smallest absolute Gasteiger partial charge is 0.304 e. The average Bonchev–Trinajstić information content (AvgIpc) is 3.11. The third-order valence-corrected chi connectivity index (χ3v) is 4.57. The van der Waals surface area contributed by atoms with Crippen molar-refractivity contribution in [2.45, 2.75) is 38.3 Å². The quantitative estimate of drug-likeness (QED) is 0.914. The molecule has 0 amide bonds. The van der Waals surface area contributed by atoms with Gasteiger partial charge in [-0.05, 0) is 30.8 Å². The summed E-state index contributed by atoms with van der Waals surface area (Å²) in [6, 6.07) is 3.96. The lowest BCUT2D eigenvalue weighted by molar-refractivity contribution is -0.138. The predicted octanol–water partition coefficient (Wildman–Crippen LogP) is 2.63. The lowest BCUT2D eigenvalue weighted by Gasteiger charge is -2.33. The molecule has 112 valence electrons. The standard InChI is InChI=1S/C14H17N3O3S/c18-13(19)8-10-4-1-2-6-17(10)9-12-15-14(16-20-12)11-5-3-7-21-11/h3,5,7,10H,1-2,4,6,8-9H2,(H,18,19). The van der Waals surface area contributed by atoms with Gasteiger partial charge in [-0.3, -0.25) is 9.69 Å². The fourth-order valence-electron chi connectivity index (χ4n) is 2.70. The maximum absolute atomic E-state index is 10.9. The number of aromatic nitrogens is 2. The van der Waals surface area contributed by atoms with Crippen LogP contribution < -0.4 is 0 Å². The summed E-state index contributed by atoms with van der Waals surface area (Å²) in [5.41, 5.74) is 0. The van der Waals surface area contributed by atoms with Gasteiger partial charge in [0.05, 0.1) is 17.8 Å². The maximum Gasteiger partial charge on any atom is 0.304 e. The Morgan fingerprint density at radius 2 is 2.43 bits per heavy atom. The first-order valence-corrected chi connectivity index (χ1v) is 7.92. The van der Waals surface area contributed by atoms with Gasteiger partial charge in [0.1, 0.15) is 0 Å². The van der Waals surface area contributed by atoms with Crippen LogP contribution in [0.25, 0.3) is 10.7 Å². The van der Waals surface area contributed by atoms with Gasteiger partial charge in [-0.2, -0.15) is 4.98 Å². The van der Waals surface area contributed by atoms with Crippen LogP contribution in [-0.2, 0) is 11.3 Å². The zero-order valence-electron chi connectivity index (χ0n) is 11.6. The second-order valence-electron chi connectivity index (χ2n) is 5.21. The highest BCUT2D eigenvalue weighted by atomic mass is 32.1. The Morgan fingerprint density at radius 3 is 3.19 bits per heavy atom. The summed E-state index contributed by atoms with van der Waals surface area (Å²) in [7, 11) is 0. The molecule has 1 aliphatic rings. The first-order valence-electron chi connectivity index (χ1n) is 7.04. The summed E-state index contributed by atoms with van der Waals surface area (Å²) in [6.07, 6.45) is 3.25. The van der Waals surface area contributed by atoms with Crippen LogP contribution in [0.2, 0.25) is 0 Å². The monoisotopic (exact) mass is 307 g/mol. The van der Waals surface area contributed by atoms with E-state index in [2.05, 4.69) is 15.0 Å². The topological polar surface area (TPSA) is 79.5 Å². The largest absolute Gasteiger partial charge is 0.481 e. The summed E-state index contributed by atoms with van der Waals surface area (Å²) < 4.78 is 5.30. The second kappa shape index (κ2) is 6.36. The number of likely N-dealkylation sites (tertiary alicyclic amines) is 1. The molecule has 0 radical (unpaired) electrons. The number of carbonyl (C=O) groups is 1. The van der Waals surface area contributed by atoms with Crippen LogP contribution in [0.15, 0.2) is 22.0 Å². The number of hydrogen-bond acceptors (Lipinski definition) is 6. The molecule has 0 saturated carbocycles. The van der Waals surface area contributed by atoms with Crippen molar-refractivity contribution in [2.24, 2.45) is 0 Å². The Balaban J connectivity index is 1.68. The minimum Gasteiger partial charge on any atom is -0.481 e. The number of thiophene rings is 1. The van der Waals surface area contributed by atoms with E-state index < -0.39 is 5.97 Å². The zero-order chi connectivity index (χ0) is 14.7. The van der Waals surface area contributed by atoms with Crippen LogP contribution >= 0.6 is 11.3 Å². The van der Waals surface area contributed by atoms with E-state index in [1.807, 2.05) is 17.5 Å². The van der Waals surface area contributed by atoms with Crippen molar-refractivity contribution >= 4 is 17.3 Å². The van der Waals surface area contributed by atoms with Gasteiger partial charge < -0.3 is 9.63 Å². The third kappa shape index (κ3) is 3.48. The molecule has 0 bridgehead atoms. The number of piperidine rings is 1. The molecule has 1 saturated heterocycles. The van der Waals surface area contributed by atoms with E-state index in [0.29, 0.717) is 18.3 Å². The first-order chi connectivity index (χ1) is 10.2. The van der Waals surface area contributed by atoms with Crippen LogP contribution in [0, 0.1) is 0 Å². The van der Waals surface area contributed by atoms with Crippen LogP contribution in [-0.4, -0.2) is 38.7 Å². The van der Waals surface area contributed by atoms with E-state index in [-0.39, 0.29) is 12.5 Å². The number of aliphatic carboxylic acids is 1. The van der Waals surface area contributed by atoms with Gasteiger partial charge in [0.2, 0.25) is 11.7 Å². The minimum atomic E-state index is -0.753. The van der Waals surface area contributed by atoms with E-state index >= 15 is 0 Å². The number of nitrogens with zero attached hydrogens (tertiary/aromatic N) is 3. The molecule has 3 rings (SSSR count). The fraction of sp³-hybridized carbons (Fsp3) is 0.500. The van der Waals surface area contributed by atoms with Crippen molar-refractivity contribution in [3.05, 3.63) is 23.4 Å². The Hall–Kier alpha value is -1.73. The lowest BCUT2D eigenvalue weighted by Crippen LogP contribution is -2.40. The molecule has 1 atom stereocenters. The van der Waals surface area contributed by atoms with Crippen molar-refractivity contribution in [3.8, 4) is 10.7 Å². The molecular formula is C14H17N3O3S. The number of rotatable bonds is 5. The van der Waals surface area contributed by atoms with Gasteiger partial charge in [-0.25, -0.2) is 0 Å². The highest BCUT2D eigenvalue weighted by Gasteiger charge is 2.26. The van der Waals surface area contributed by atoms with E-state index in [4.69, 9.17) is 9.63 Å². The predicted molar refractivity (Wildman–Crippen MR) is 77.9 cm³/mol. The van der Waals surface area contributed by atoms with Gasteiger partial charge in [-0.15, -0.1) is 11.3 Å². The molecule has 1 unspecified atom stereocenters. The molecule has 1 N–H and O–H groups in total. The van der Waals surface area contributed by atoms with Crippen LogP contribution in [0.1, 0.15) is 31.6 Å². The Labute approximate surface area is 126 Å². The Bertz CT molecular complexity index is 596. The van der Waals surface area contributed by atoms with Crippen molar-refractivity contribution in [3.63, 3.8) is 0 Å². The van der Waals surface area contributed by atoms with Crippen LogP contribution in [0.5, 0.6) is 0 Å². The van der Waals surface area contributed by atoms with Crippen molar-refractivity contribution in [2.75, 3.05) is 6.54 Å². The average molecular weight is 307 g/mol. The molecule has 0 spiro atoms. The van der Waals surface area contributed by atoms with Crippen molar-refractivity contribution < 1.29 is 14.4 Å². The SMILES string of the molecule is O=C(O)CC1CCCCN1Cc1nc(-c2cccs2)no1. The molecule has 6 nitrogen and oxygen atoms in total. The molecule has 2 aromatic rings. The summed E-state index contributed by atoms with van der Waals surface area (Å²) in [5, 5.41) is 15.0. The van der Waals surface area contributed by atoms with Gasteiger partial charge in [0, 0.05) is 6.04 Å². The molecular weight excluding hydrogens is 290 g/mol. The van der Waals surface area contributed by atoms with Crippen molar-refractivity contribution in [1.82, 2.24) is 15.0 Å². The Kier molecular flexibility index (Phi) is 4.31. The van der Waals surface area contributed by atoms with E-state index in [1.54, 1.807) is 11.3 Å². The highest BCUT2D eigenvalue weighted by molar-refractivity contribution is 7.13. The van der Waals surface area contributed by atoms with Gasteiger partial charge in [0.15, 0.2) is 0 Å². The van der Waals surface area contributed by atoms with Crippen molar-refractivity contribution in [1.29, 1.82) is 0 Å². The third-order valence-electron chi connectivity index (χ3n) is 3.71. The minimum absolute atomic E-state index is 0.0633. The molecule has 1 aliphatic heterocycles. The molecule has 7 heteroatoms. The zero-order valence-corrected chi connectivity index (χ0v) is 12.4. The summed E-state index contributed by atoms with van der Waals surface area (Å²) >= 11 is 1.57. The summed E-state index contributed by atoms with van der Waals surface area (Å²) in [5.74, 6) is 0.402. The molecule has 21 heavy (non-hydrogen) atoms. The molecule has 1 fully saturated rings. The number of hydrogen-bond donors (Lipinski definition) is 1. The van der Waals surface area contributed by atoms with E-state index in [0.717, 1.165) is 30.7 Å². The second-order valence-corrected chi connectivity index (χ2v) is 6.15. The van der Waals surface area contributed by atoms with Crippen LogP contribution in [0.3, 0.4) is 0 Å². The summed E-state index contributed by atoms with van der Waals surface area (Å²) in [4.78, 5) is 18.5. The molecule has 2 aromatic heterocycles. The van der Waals surface area contributed by atoms with Gasteiger partial charge >= 0.3 is 5.97 Å². The normalized spacial score (nSPS) is 19.7. The molecule has 3 heterocycles. The number of carboxylic acid groups (broad SMARTS) is 1. The number of carboxylic acids is 1. The van der Waals surface area contributed by atoms with Gasteiger partial charge in [-0.1, -0.05) is 17.6 Å². The summed E-state index contributed by atoms with van der Waals surface area (Å²) in [6.45, 7) is 1.41.